The Labute approximate surface area is 123 Å². The monoisotopic (exact) mass is 343 g/mol. The molecule has 0 heterocycles. The molecule has 0 unspecified atom stereocenters. The van der Waals surface area contributed by atoms with Crippen molar-refractivity contribution < 1.29 is 19.5 Å². The predicted molar refractivity (Wildman–Crippen MR) is 76.4 cm³/mol. The van der Waals surface area contributed by atoms with Crippen molar-refractivity contribution in [3.05, 3.63) is 28.7 Å². The average molecular weight is 344 g/mol. The van der Waals surface area contributed by atoms with E-state index in [0.717, 1.165) is 4.47 Å². The van der Waals surface area contributed by atoms with E-state index >= 15 is 0 Å². The summed E-state index contributed by atoms with van der Waals surface area (Å²) in [5.41, 5.74) is 0.626. The number of nitrogens with one attached hydrogen (secondary N) is 3. The summed E-state index contributed by atoms with van der Waals surface area (Å²) in [4.78, 5) is 32.9. The van der Waals surface area contributed by atoms with E-state index in [1.807, 2.05) is 0 Å². The zero-order valence-corrected chi connectivity index (χ0v) is 12.1. The van der Waals surface area contributed by atoms with Gasteiger partial charge in [-0.1, -0.05) is 15.9 Å². The maximum absolute atomic E-state index is 11.5. The third-order valence-electron chi connectivity index (χ3n) is 2.18. The highest BCUT2D eigenvalue weighted by atomic mass is 79.9. The number of carboxylic acid groups (broad SMARTS) is 1. The van der Waals surface area contributed by atoms with E-state index in [4.69, 9.17) is 5.11 Å². The molecule has 8 heteroatoms. The lowest BCUT2D eigenvalue weighted by molar-refractivity contribution is -0.137. The van der Waals surface area contributed by atoms with Crippen molar-refractivity contribution in [2.24, 2.45) is 0 Å². The smallest absolute Gasteiger partial charge is 0.322 e. The number of urea groups is 1. The molecule has 7 nitrogen and oxygen atoms in total. The van der Waals surface area contributed by atoms with Gasteiger partial charge in [-0.2, -0.15) is 0 Å². The Kier molecular flexibility index (Phi) is 6.51. The lowest BCUT2D eigenvalue weighted by atomic mass is 10.3. The van der Waals surface area contributed by atoms with E-state index in [0.29, 0.717) is 5.69 Å². The van der Waals surface area contributed by atoms with Gasteiger partial charge in [0.2, 0.25) is 5.91 Å². The van der Waals surface area contributed by atoms with Crippen molar-refractivity contribution in [1.82, 2.24) is 10.6 Å². The summed E-state index contributed by atoms with van der Waals surface area (Å²) in [5, 5.41) is 15.6. The first kappa shape index (κ1) is 16.0. The molecule has 108 valence electrons. The van der Waals surface area contributed by atoms with Crippen LogP contribution in [0.15, 0.2) is 28.7 Å². The molecule has 0 aliphatic heterocycles. The SMILES string of the molecule is O=C(O)CNC(=O)CCNC(=O)Nc1ccc(Br)cc1. The van der Waals surface area contributed by atoms with Gasteiger partial charge in [-0.15, -0.1) is 0 Å². The van der Waals surface area contributed by atoms with Crippen molar-refractivity contribution in [2.75, 3.05) is 18.4 Å². The second-order valence-electron chi connectivity index (χ2n) is 3.81. The van der Waals surface area contributed by atoms with Gasteiger partial charge < -0.3 is 21.1 Å². The van der Waals surface area contributed by atoms with Gasteiger partial charge in [0, 0.05) is 23.1 Å². The van der Waals surface area contributed by atoms with E-state index in [1.54, 1.807) is 24.3 Å². The van der Waals surface area contributed by atoms with E-state index in [1.165, 1.54) is 0 Å². The highest BCUT2D eigenvalue weighted by Gasteiger charge is 2.05. The van der Waals surface area contributed by atoms with Gasteiger partial charge in [0.05, 0.1) is 0 Å². The highest BCUT2D eigenvalue weighted by Crippen LogP contribution is 2.13. The average Bonchev–Trinajstić information content (AvgIpc) is 2.39. The summed E-state index contributed by atoms with van der Waals surface area (Å²) in [5.74, 6) is -1.55. The molecular formula is C12H14BrN3O4. The Morgan fingerprint density at radius 2 is 1.75 bits per heavy atom. The number of hydrogen-bond donors (Lipinski definition) is 4. The molecule has 0 aromatic heterocycles. The number of carboxylic acids is 1. The van der Waals surface area contributed by atoms with Crippen LogP contribution in [0.5, 0.6) is 0 Å². The van der Waals surface area contributed by atoms with Crippen molar-refractivity contribution in [1.29, 1.82) is 0 Å². The first-order valence-electron chi connectivity index (χ1n) is 5.76. The molecule has 1 aromatic rings. The van der Waals surface area contributed by atoms with Crippen LogP contribution in [-0.4, -0.2) is 36.1 Å². The quantitative estimate of drug-likeness (QED) is 0.621. The van der Waals surface area contributed by atoms with Gasteiger partial charge >= 0.3 is 12.0 Å². The van der Waals surface area contributed by atoms with E-state index in [9.17, 15) is 14.4 Å². The molecular weight excluding hydrogens is 330 g/mol. The van der Waals surface area contributed by atoms with Crippen LogP contribution >= 0.6 is 15.9 Å². The van der Waals surface area contributed by atoms with E-state index < -0.39 is 24.5 Å². The number of rotatable bonds is 6. The van der Waals surface area contributed by atoms with Crippen LogP contribution in [0.3, 0.4) is 0 Å². The third-order valence-corrected chi connectivity index (χ3v) is 2.71. The second kappa shape index (κ2) is 8.16. The molecule has 0 fully saturated rings. The number of carbonyl (C=O) groups excluding carboxylic acids is 2. The molecule has 1 aromatic carbocycles. The molecule has 0 saturated heterocycles. The normalized spacial score (nSPS) is 9.65. The highest BCUT2D eigenvalue weighted by molar-refractivity contribution is 9.10. The molecule has 3 amide bonds. The van der Waals surface area contributed by atoms with Gasteiger partial charge in [0.1, 0.15) is 6.54 Å². The molecule has 0 saturated carbocycles. The van der Waals surface area contributed by atoms with Crippen LogP contribution in [0.4, 0.5) is 10.5 Å². The fraction of sp³-hybridized carbons (Fsp3) is 0.250. The topological polar surface area (TPSA) is 108 Å². The molecule has 0 atom stereocenters. The first-order chi connectivity index (χ1) is 9.47. The standard InChI is InChI=1S/C12H14BrN3O4/c13-8-1-3-9(4-2-8)16-12(20)14-6-5-10(17)15-7-11(18)19/h1-4H,5-7H2,(H,15,17)(H,18,19)(H2,14,16,20). The summed E-state index contributed by atoms with van der Waals surface area (Å²) in [6.45, 7) is -0.308. The Morgan fingerprint density at radius 1 is 1.10 bits per heavy atom. The second-order valence-corrected chi connectivity index (χ2v) is 4.72. The minimum absolute atomic E-state index is 0.0149. The minimum Gasteiger partial charge on any atom is -0.480 e. The molecule has 0 radical (unpaired) electrons. The number of anilines is 1. The lowest BCUT2D eigenvalue weighted by Crippen LogP contribution is -2.35. The maximum Gasteiger partial charge on any atom is 0.322 e. The Morgan fingerprint density at radius 3 is 2.35 bits per heavy atom. The Hall–Kier alpha value is -2.09. The zero-order valence-electron chi connectivity index (χ0n) is 10.5. The number of hydrogen-bond acceptors (Lipinski definition) is 3. The van der Waals surface area contributed by atoms with Crippen molar-refractivity contribution in [2.45, 2.75) is 6.42 Å². The summed E-state index contributed by atoms with van der Waals surface area (Å²) >= 11 is 3.28. The van der Waals surface area contributed by atoms with Gasteiger partial charge in [0.15, 0.2) is 0 Å². The van der Waals surface area contributed by atoms with Gasteiger partial charge in [0.25, 0.3) is 0 Å². The fourth-order valence-electron chi connectivity index (χ4n) is 1.26. The Bertz CT molecular complexity index is 490. The minimum atomic E-state index is -1.11. The zero-order chi connectivity index (χ0) is 15.0. The molecule has 0 aliphatic rings. The van der Waals surface area contributed by atoms with Crippen LogP contribution < -0.4 is 16.0 Å². The van der Waals surface area contributed by atoms with Crippen LogP contribution in [0.2, 0.25) is 0 Å². The lowest BCUT2D eigenvalue weighted by Gasteiger charge is -2.07. The molecule has 0 spiro atoms. The van der Waals surface area contributed by atoms with Crippen LogP contribution in [0.1, 0.15) is 6.42 Å². The van der Waals surface area contributed by atoms with E-state index in [-0.39, 0.29) is 13.0 Å². The Balaban J connectivity index is 2.21. The number of carbonyl (C=O) groups is 3. The summed E-state index contributed by atoms with van der Waals surface area (Å²) in [7, 11) is 0. The molecule has 0 bridgehead atoms. The van der Waals surface area contributed by atoms with Crippen LogP contribution in [-0.2, 0) is 9.59 Å². The molecule has 0 aliphatic carbocycles. The summed E-state index contributed by atoms with van der Waals surface area (Å²) in [6.07, 6.45) is 0.0149. The van der Waals surface area contributed by atoms with Crippen molar-refractivity contribution in [3.8, 4) is 0 Å². The first-order valence-corrected chi connectivity index (χ1v) is 6.55. The number of amides is 3. The third kappa shape index (κ3) is 6.74. The van der Waals surface area contributed by atoms with Gasteiger partial charge in [-0.05, 0) is 24.3 Å². The van der Waals surface area contributed by atoms with Gasteiger partial charge in [-0.3, -0.25) is 9.59 Å². The fourth-order valence-corrected chi connectivity index (χ4v) is 1.52. The van der Waals surface area contributed by atoms with Crippen LogP contribution in [0.25, 0.3) is 0 Å². The van der Waals surface area contributed by atoms with Crippen molar-refractivity contribution in [3.63, 3.8) is 0 Å². The van der Waals surface area contributed by atoms with Crippen molar-refractivity contribution >= 4 is 39.5 Å². The maximum atomic E-state index is 11.5. The summed E-state index contributed by atoms with van der Waals surface area (Å²) < 4.78 is 0.901. The number of halogens is 1. The molecule has 4 N–H and O–H groups in total. The largest absolute Gasteiger partial charge is 0.480 e. The predicted octanol–water partition coefficient (Wildman–Crippen LogP) is 1.16. The molecule has 20 heavy (non-hydrogen) atoms. The summed E-state index contributed by atoms with van der Waals surface area (Å²) in [6, 6.07) is 6.59. The number of aliphatic carboxylic acids is 1. The van der Waals surface area contributed by atoms with E-state index in [2.05, 4.69) is 31.9 Å². The van der Waals surface area contributed by atoms with Gasteiger partial charge in [-0.25, -0.2) is 4.79 Å². The van der Waals surface area contributed by atoms with Crippen LogP contribution in [0, 0.1) is 0 Å². The number of benzene rings is 1. The molecule has 1 rings (SSSR count).